The van der Waals surface area contributed by atoms with E-state index in [4.69, 9.17) is 10.5 Å². The van der Waals surface area contributed by atoms with Crippen LogP contribution < -0.4 is 16.0 Å². The zero-order valence-corrected chi connectivity index (χ0v) is 23.9. The van der Waals surface area contributed by atoms with Crippen molar-refractivity contribution in [3.63, 3.8) is 0 Å². The number of nitrogens with zero attached hydrogens (tertiary/aromatic N) is 4. The summed E-state index contributed by atoms with van der Waals surface area (Å²) < 4.78 is 22.0. The van der Waals surface area contributed by atoms with E-state index in [1.54, 1.807) is 0 Å². The second kappa shape index (κ2) is 9.79. The van der Waals surface area contributed by atoms with Crippen LogP contribution in [-0.4, -0.2) is 79.3 Å². The first kappa shape index (κ1) is 25.2. The van der Waals surface area contributed by atoms with Crippen LogP contribution in [0.15, 0.2) is 10.5 Å². The minimum atomic E-state index is -0.393. The number of halogens is 3. The number of nitrogen functional groups attached to an aromatic ring is 1. The van der Waals surface area contributed by atoms with Crippen LogP contribution in [0.3, 0.4) is 0 Å². The van der Waals surface area contributed by atoms with Crippen molar-refractivity contribution in [3.05, 3.63) is 19.9 Å². The molecule has 35 heavy (non-hydrogen) atoms. The number of unbranched alkanes of at least 4 members (excludes halogenated alkanes) is 1. The molecule has 0 amide bonds. The molecule has 11 heteroatoms. The van der Waals surface area contributed by atoms with Gasteiger partial charge in [0.2, 0.25) is 0 Å². The first-order valence-electron chi connectivity index (χ1n) is 12.1. The van der Waals surface area contributed by atoms with Gasteiger partial charge in [0.15, 0.2) is 11.6 Å². The maximum Gasteiger partial charge on any atom is 0.323 e. The summed E-state index contributed by atoms with van der Waals surface area (Å²) in [4.78, 5) is 23.7. The van der Waals surface area contributed by atoms with Crippen LogP contribution in [-0.2, 0) is 9.53 Å². The Kier molecular flexibility index (Phi) is 7.05. The average molecular weight is 661 g/mol. The van der Waals surface area contributed by atoms with Crippen LogP contribution in [0.2, 0.25) is 0 Å². The van der Waals surface area contributed by atoms with E-state index in [2.05, 4.69) is 84.5 Å². The molecule has 4 atom stereocenters. The average Bonchev–Trinajstić information content (AvgIpc) is 3.37. The standard InChI is InChI=1S/C24H31BrFIN6O2/c1-4-5-6-35-24(34)16-7-12-9-33(16)22(12)30-21-14-8-15(27)17(25)18(26)20(14)29-23(19(21)28)32-10-13(11-32)31(2)3/h8,12-13,16,22H,4-7,9-11,28H2,1-3H3,(H,29,30). The van der Waals surface area contributed by atoms with Gasteiger partial charge in [-0.25, -0.2) is 9.37 Å². The third-order valence-electron chi connectivity index (χ3n) is 7.51. The first-order chi connectivity index (χ1) is 16.7. The number of rotatable bonds is 8. The second-order valence-electron chi connectivity index (χ2n) is 9.95. The van der Waals surface area contributed by atoms with E-state index in [9.17, 15) is 4.79 Å². The normalized spacial score (nSPS) is 25.6. The minimum absolute atomic E-state index is 0.0465. The number of hydrogen-bond donors (Lipinski definition) is 2. The Morgan fingerprint density at radius 3 is 2.83 bits per heavy atom. The summed E-state index contributed by atoms with van der Waals surface area (Å²) in [5, 5.41) is 4.23. The molecule has 4 fully saturated rings. The van der Waals surface area contributed by atoms with E-state index in [0.29, 0.717) is 45.6 Å². The Bertz CT molecular complexity index is 1160. The van der Waals surface area contributed by atoms with E-state index in [0.717, 1.165) is 42.5 Å². The Balaban J connectivity index is 1.46. The van der Waals surface area contributed by atoms with Crippen LogP contribution in [0.4, 0.5) is 21.6 Å². The molecule has 4 unspecified atom stereocenters. The Labute approximate surface area is 227 Å². The van der Waals surface area contributed by atoms with Gasteiger partial charge in [0.1, 0.15) is 11.6 Å². The number of hydrogen-bond acceptors (Lipinski definition) is 8. The molecule has 8 nitrogen and oxygen atoms in total. The van der Waals surface area contributed by atoms with E-state index in [-0.39, 0.29) is 23.7 Å². The number of pyridine rings is 1. The van der Waals surface area contributed by atoms with E-state index in [1.165, 1.54) is 0 Å². The number of carbonyl (C=O) groups is 1. The number of benzene rings is 1. The molecular formula is C24H31BrFIN6O2. The topological polar surface area (TPSA) is 87.0 Å². The van der Waals surface area contributed by atoms with Crippen molar-refractivity contribution in [3.8, 4) is 0 Å². The number of anilines is 3. The lowest BCUT2D eigenvalue weighted by molar-refractivity contribution is -0.149. The highest BCUT2D eigenvalue weighted by Crippen LogP contribution is 2.46. The predicted molar refractivity (Wildman–Crippen MR) is 148 cm³/mol. The maximum atomic E-state index is 15.4. The Morgan fingerprint density at radius 2 is 2.14 bits per heavy atom. The van der Waals surface area contributed by atoms with E-state index < -0.39 is 5.82 Å². The molecule has 4 saturated heterocycles. The molecule has 2 bridgehead atoms. The fourth-order valence-corrected chi connectivity index (χ4v) is 6.07. The van der Waals surface area contributed by atoms with Gasteiger partial charge in [0.05, 0.1) is 28.6 Å². The molecule has 3 N–H and O–H groups in total. The number of nitrogens with two attached hydrogens (primary N) is 1. The van der Waals surface area contributed by atoms with Crippen molar-refractivity contribution in [2.24, 2.45) is 5.92 Å². The first-order valence-corrected chi connectivity index (χ1v) is 13.9. The van der Waals surface area contributed by atoms with Gasteiger partial charge in [0, 0.05) is 40.6 Å². The summed E-state index contributed by atoms with van der Waals surface area (Å²) in [6.07, 6.45) is 2.57. The molecular weight excluding hydrogens is 630 g/mol. The van der Waals surface area contributed by atoms with Crippen molar-refractivity contribution in [2.75, 3.05) is 56.3 Å². The molecule has 0 radical (unpaired) electrons. The largest absolute Gasteiger partial charge is 0.465 e. The highest BCUT2D eigenvalue weighted by molar-refractivity contribution is 14.1. The number of carbonyl (C=O) groups excluding carboxylic acids is 1. The molecule has 6 rings (SSSR count). The molecule has 0 aliphatic carbocycles. The minimum Gasteiger partial charge on any atom is -0.465 e. The third kappa shape index (κ3) is 4.36. The summed E-state index contributed by atoms with van der Waals surface area (Å²) >= 11 is 5.48. The molecule has 5 heterocycles. The summed E-state index contributed by atoms with van der Waals surface area (Å²) in [5.41, 5.74) is 8.19. The van der Waals surface area contributed by atoms with Crippen LogP contribution in [0, 0.1) is 15.3 Å². The predicted octanol–water partition coefficient (Wildman–Crippen LogP) is 3.86. The molecule has 0 spiro atoms. The van der Waals surface area contributed by atoms with Crippen molar-refractivity contribution >= 4 is 72.6 Å². The molecule has 1 aromatic carbocycles. The van der Waals surface area contributed by atoms with E-state index >= 15 is 4.39 Å². The fraction of sp³-hybridized carbons (Fsp3) is 0.583. The van der Waals surface area contributed by atoms with Crippen LogP contribution in [0.25, 0.3) is 10.9 Å². The highest BCUT2D eigenvalue weighted by Gasteiger charge is 2.54. The van der Waals surface area contributed by atoms with Crippen molar-refractivity contribution in [1.82, 2.24) is 14.8 Å². The molecule has 0 saturated carbocycles. The van der Waals surface area contributed by atoms with Gasteiger partial charge in [-0.2, -0.15) is 0 Å². The fourth-order valence-electron chi connectivity index (χ4n) is 5.22. The lowest BCUT2D eigenvalue weighted by Crippen LogP contribution is -2.58. The van der Waals surface area contributed by atoms with E-state index in [1.807, 2.05) is 6.07 Å². The lowest BCUT2D eigenvalue weighted by atomic mass is 9.99. The maximum absolute atomic E-state index is 15.4. The van der Waals surface area contributed by atoms with Gasteiger partial charge in [-0.3, -0.25) is 9.69 Å². The summed E-state index contributed by atoms with van der Waals surface area (Å²) in [6, 6.07) is 2.07. The highest BCUT2D eigenvalue weighted by atomic mass is 127. The number of aromatic nitrogens is 1. The summed E-state index contributed by atoms with van der Waals surface area (Å²) in [5.74, 6) is 0.363. The third-order valence-corrected chi connectivity index (χ3v) is 9.88. The summed E-state index contributed by atoms with van der Waals surface area (Å²) in [7, 11) is 4.10. The number of nitrogens with one attached hydrogen (secondary N) is 1. The van der Waals surface area contributed by atoms with Crippen LogP contribution >= 0.6 is 38.5 Å². The van der Waals surface area contributed by atoms with Crippen molar-refractivity contribution < 1.29 is 13.9 Å². The van der Waals surface area contributed by atoms with Crippen molar-refractivity contribution in [1.29, 1.82) is 0 Å². The van der Waals surface area contributed by atoms with Crippen molar-refractivity contribution in [2.45, 2.75) is 44.4 Å². The van der Waals surface area contributed by atoms with Gasteiger partial charge in [0.25, 0.3) is 0 Å². The number of fused-ring (bicyclic) bond motifs is 2. The second-order valence-corrected chi connectivity index (χ2v) is 11.9. The van der Waals surface area contributed by atoms with Crippen LogP contribution in [0.1, 0.15) is 26.2 Å². The number of likely N-dealkylation sites (N-methyl/N-ethyl adjacent to an activating group) is 1. The number of ether oxygens (including phenoxy) is 1. The molecule has 2 aromatic rings. The smallest absolute Gasteiger partial charge is 0.323 e. The Morgan fingerprint density at radius 1 is 1.40 bits per heavy atom. The zero-order valence-electron chi connectivity index (χ0n) is 20.2. The Hall–Kier alpha value is -1.44. The zero-order chi connectivity index (χ0) is 25.0. The van der Waals surface area contributed by atoms with Gasteiger partial charge < -0.3 is 25.6 Å². The number of esters is 1. The lowest BCUT2D eigenvalue weighted by Gasteiger charge is -2.45. The summed E-state index contributed by atoms with van der Waals surface area (Å²) in [6.45, 7) is 4.95. The monoisotopic (exact) mass is 660 g/mol. The molecule has 4 aliphatic heterocycles. The SMILES string of the molecule is CCCCOC(=O)C1CC2CN1C2Nc1c(N)c(N2CC(N(C)C)C2)nc2c(F)c(Br)c(I)cc12. The molecule has 190 valence electrons. The van der Waals surface area contributed by atoms with Crippen LogP contribution in [0.5, 0.6) is 0 Å². The molecule has 1 aromatic heterocycles. The van der Waals surface area contributed by atoms with Gasteiger partial charge in [-0.05, 0) is 71.5 Å². The van der Waals surface area contributed by atoms with Gasteiger partial charge in [-0.15, -0.1) is 0 Å². The quantitative estimate of drug-likeness (QED) is 0.191. The van der Waals surface area contributed by atoms with Gasteiger partial charge >= 0.3 is 5.97 Å². The van der Waals surface area contributed by atoms with Gasteiger partial charge in [-0.1, -0.05) is 13.3 Å². The molecule has 4 aliphatic rings.